The van der Waals surface area contributed by atoms with Gasteiger partial charge >= 0.3 is 0 Å². The highest BCUT2D eigenvalue weighted by Crippen LogP contribution is 2.28. The van der Waals surface area contributed by atoms with Crippen molar-refractivity contribution in [3.8, 4) is 0 Å². The highest BCUT2D eigenvalue weighted by Gasteiger charge is 2.25. The number of para-hydroxylation sites is 1. The van der Waals surface area contributed by atoms with Gasteiger partial charge in [-0.25, -0.2) is 18.1 Å². The molecule has 22 heavy (non-hydrogen) atoms. The van der Waals surface area contributed by atoms with Crippen LogP contribution in [0.3, 0.4) is 0 Å². The van der Waals surface area contributed by atoms with E-state index in [0.29, 0.717) is 6.54 Å². The molecule has 1 N–H and O–H groups in total. The lowest BCUT2D eigenvalue weighted by Crippen LogP contribution is -2.41. The summed E-state index contributed by atoms with van der Waals surface area (Å²) in [4.78, 5) is 6.14. The lowest BCUT2D eigenvalue weighted by atomic mass is 10.2. The Hall–Kier alpha value is -1.86. The van der Waals surface area contributed by atoms with Crippen LogP contribution in [-0.4, -0.2) is 37.1 Å². The first-order chi connectivity index (χ1) is 10.5. The molecular formula is C15H20N4O2S. The Bertz CT molecular complexity index is 769. The molecule has 0 spiro atoms. The second kappa shape index (κ2) is 5.73. The van der Waals surface area contributed by atoms with Crippen LogP contribution < -0.4 is 9.62 Å². The number of hydrogen-bond donors (Lipinski definition) is 1. The quantitative estimate of drug-likeness (QED) is 0.897. The average Bonchev–Trinajstić information content (AvgIpc) is 3.11. The number of sulfonamides is 1. The lowest BCUT2D eigenvalue weighted by molar-refractivity contribution is 0.563. The van der Waals surface area contributed by atoms with E-state index in [4.69, 9.17) is 0 Å². The zero-order chi connectivity index (χ0) is 15.7. The van der Waals surface area contributed by atoms with E-state index in [2.05, 4.69) is 26.7 Å². The van der Waals surface area contributed by atoms with E-state index in [0.717, 1.165) is 13.0 Å². The maximum absolute atomic E-state index is 12.2. The molecule has 118 valence electrons. The molecule has 0 saturated carbocycles. The topological polar surface area (TPSA) is 67.2 Å². The van der Waals surface area contributed by atoms with Gasteiger partial charge in [-0.1, -0.05) is 18.2 Å². The highest BCUT2D eigenvalue weighted by molar-refractivity contribution is 7.89. The summed E-state index contributed by atoms with van der Waals surface area (Å²) in [7, 11) is -1.80. The molecule has 0 radical (unpaired) electrons. The standard InChI is InChI=1S/C15H20N4O2S/c1-12(19-8-7-13-5-3-4-6-14(13)19)9-17-22(20,21)15-10-18(2)11-16-15/h3-6,10-12,17H,7-9H2,1-2H3. The van der Waals surface area contributed by atoms with Crippen LogP contribution in [-0.2, 0) is 23.5 Å². The van der Waals surface area contributed by atoms with Crippen molar-refractivity contribution in [1.29, 1.82) is 0 Å². The Balaban J connectivity index is 1.67. The third kappa shape index (κ3) is 2.86. The monoisotopic (exact) mass is 320 g/mol. The molecule has 1 unspecified atom stereocenters. The molecule has 1 aromatic heterocycles. The molecule has 0 fully saturated rings. The fourth-order valence-corrected chi connectivity index (χ4v) is 3.86. The van der Waals surface area contributed by atoms with E-state index in [9.17, 15) is 8.42 Å². The van der Waals surface area contributed by atoms with E-state index in [1.165, 1.54) is 23.8 Å². The van der Waals surface area contributed by atoms with Gasteiger partial charge in [-0.3, -0.25) is 0 Å². The van der Waals surface area contributed by atoms with Crippen molar-refractivity contribution >= 4 is 15.7 Å². The maximum atomic E-state index is 12.2. The van der Waals surface area contributed by atoms with Crippen molar-refractivity contribution in [3.63, 3.8) is 0 Å². The Kier molecular flexibility index (Phi) is 3.92. The van der Waals surface area contributed by atoms with Crippen LogP contribution in [0.25, 0.3) is 0 Å². The molecule has 2 heterocycles. The minimum absolute atomic E-state index is 0.0593. The first-order valence-electron chi connectivity index (χ1n) is 7.29. The van der Waals surface area contributed by atoms with Crippen LogP contribution >= 0.6 is 0 Å². The van der Waals surface area contributed by atoms with Crippen molar-refractivity contribution in [1.82, 2.24) is 14.3 Å². The number of benzene rings is 1. The van der Waals surface area contributed by atoms with Crippen molar-refractivity contribution in [3.05, 3.63) is 42.4 Å². The summed E-state index contributed by atoms with van der Waals surface area (Å²) in [6.45, 7) is 3.31. The van der Waals surface area contributed by atoms with Crippen LogP contribution in [0.2, 0.25) is 0 Å². The number of aryl methyl sites for hydroxylation is 1. The fraction of sp³-hybridized carbons (Fsp3) is 0.400. The number of nitrogens with one attached hydrogen (secondary N) is 1. The Morgan fingerprint density at radius 3 is 2.86 bits per heavy atom. The van der Waals surface area contributed by atoms with Gasteiger partial charge in [-0.15, -0.1) is 0 Å². The number of aromatic nitrogens is 2. The molecule has 0 amide bonds. The summed E-state index contributed by atoms with van der Waals surface area (Å²) in [5.41, 5.74) is 2.52. The molecule has 0 saturated heterocycles. The van der Waals surface area contributed by atoms with Crippen LogP contribution in [0.1, 0.15) is 12.5 Å². The van der Waals surface area contributed by atoms with Crippen LogP contribution in [0.4, 0.5) is 5.69 Å². The van der Waals surface area contributed by atoms with Crippen molar-refractivity contribution in [2.24, 2.45) is 7.05 Å². The minimum atomic E-state index is -3.55. The van der Waals surface area contributed by atoms with Gasteiger partial charge in [0.15, 0.2) is 5.03 Å². The summed E-state index contributed by atoms with van der Waals surface area (Å²) in [5.74, 6) is 0. The first kappa shape index (κ1) is 15.1. The second-order valence-corrected chi connectivity index (χ2v) is 7.36. The third-order valence-electron chi connectivity index (χ3n) is 3.98. The van der Waals surface area contributed by atoms with Crippen LogP contribution in [0.5, 0.6) is 0 Å². The predicted octanol–water partition coefficient (Wildman–Crippen LogP) is 1.15. The second-order valence-electron chi connectivity index (χ2n) is 5.65. The molecule has 1 aliphatic heterocycles. The van der Waals surface area contributed by atoms with Gasteiger partial charge in [-0.2, -0.15) is 0 Å². The number of hydrogen-bond acceptors (Lipinski definition) is 4. The van der Waals surface area contributed by atoms with Gasteiger partial charge in [0, 0.05) is 38.1 Å². The molecule has 1 atom stereocenters. The Labute approximate surface area is 130 Å². The average molecular weight is 320 g/mol. The minimum Gasteiger partial charge on any atom is -0.367 e. The van der Waals surface area contributed by atoms with Crippen molar-refractivity contribution in [2.75, 3.05) is 18.0 Å². The summed E-state index contributed by atoms with van der Waals surface area (Å²) in [6, 6.07) is 8.35. The normalized spacial score (nSPS) is 15.8. The van der Waals surface area contributed by atoms with E-state index >= 15 is 0 Å². The van der Waals surface area contributed by atoms with Crippen LogP contribution in [0.15, 0.2) is 41.8 Å². The number of nitrogens with zero attached hydrogens (tertiary/aromatic N) is 3. The van der Waals surface area contributed by atoms with Gasteiger partial charge < -0.3 is 9.47 Å². The zero-order valence-corrected chi connectivity index (χ0v) is 13.5. The predicted molar refractivity (Wildman–Crippen MR) is 85.4 cm³/mol. The maximum Gasteiger partial charge on any atom is 0.259 e. The van der Waals surface area contributed by atoms with Crippen molar-refractivity contribution < 1.29 is 8.42 Å². The van der Waals surface area contributed by atoms with E-state index in [-0.39, 0.29) is 11.1 Å². The Morgan fingerprint density at radius 2 is 2.14 bits per heavy atom. The molecule has 7 heteroatoms. The Morgan fingerprint density at radius 1 is 1.36 bits per heavy atom. The van der Waals surface area contributed by atoms with E-state index in [1.807, 2.05) is 19.1 Å². The number of imidazole rings is 1. The molecular weight excluding hydrogens is 300 g/mol. The molecule has 0 bridgehead atoms. The van der Waals surface area contributed by atoms with E-state index in [1.54, 1.807) is 11.6 Å². The third-order valence-corrected chi connectivity index (χ3v) is 5.29. The van der Waals surface area contributed by atoms with Gasteiger partial charge in [0.05, 0.1) is 6.33 Å². The molecule has 1 aliphatic rings. The molecule has 1 aromatic carbocycles. The van der Waals surface area contributed by atoms with Crippen LogP contribution in [0, 0.1) is 0 Å². The SMILES string of the molecule is CC(CNS(=O)(=O)c1cn(C)cn1)N1CCc2ccccc21. The summed E-state index contributed by atoms with van der Waals surface area (Å²) < 4.78 is 28.7. The summed E-state index contributed by atoms with van der Waals surface area (Å²) >= 11 is 0. The lowest BCUT2D eigenvalue weighted by Gasteiger charge is -2.27. The summed E-state index contributed by atoms with van der Waals surface area (Å²) in [6.07, 6.45) is 3.99. The van der Waals surface area contributed by atoms with Gasteiger partial charge in [0.25, 0.3) is 10.0 Å². The smallest absolute Gasteiger partial charge is 0.259 e. The number of fused-ring (bicyclic) bond motifs is 1. The highest BCUT2D eigenvalue weighted by atomic mass is 32.2. The first-order valence-corrected chi connectivity index (χ1v) is 8.78. The molecule has 2 aromatic rings. The summed E-state index contributed by atoms with van der Waals surface area (Å²) in [5, 5.41) is 0.0593. The largest absolute Gasteiger partial charge is 0.367 e. The van der Waals surface area contributed by atoms with Gasteiger partial charge in [-0.05, 0) is 25.0 Å². The van der Waals surface area contributed by atoms with Gasteiger partial charge in [0.2, 0.25) is 0 Å². The van der Waals surface area contributed by atoms with Gasteiger partial charge in [0.1, 0.15) is 0 Å². The molecule has 6 nitrogen and oxygen atoms in total. The van der Waals surface area contributed by atoms with Crippen molar-refractivity contribution in [2.45, 2.75) is 24.4 Å². The molecule has 0 aliphatic carbocycles. The molecule has 3 rings (SSSR count). The zero-order valence-electron chi connectivity index (χ0n) is 12.7. The fourth-order valence-electron chi connectivity index (χ4n) is 2.76. The van der Waals surface area contributed by atoms with E-state index < -0.39 is 10.0 Å². The number of anilines is 1. The number of rotatable bonds is 5.